The predicted octanol–water partition coefficient (Wildman–Crippen LogP) is 8.92. The summed E-state index contributed by atoms with van der Waals surface area (Å²) in [6.45, 7) is 11.3. The van der Waals surface area contributed by atoms with Crippen LogP contribution in [0.2, 0.25) is 0 Å². The SMILES string of the molecule is C.C.CC(C)C(=O)OC1CCCC1.CC(C)NS(=O)(=O)c1ccccc1.CC(C)Oc1nc2ccccc2nc1-c1cccs1. The smallest absolute Gasteiger partial charge is 0.308 e. The third-order valence-electron chi connectivity index (χ3n) is 6.14. The number of carbonyl (C=O) groups excluding carboxylic acids is 1. The van der Waals surface area contributed by atoms with E-state index in [2.05, 4.69) is 9.71 Å². The van der Waals surface area contributed by atoms with E-state index in [1.807, 2.05) is 69.5 Å². The van der Waals surface area contributed by atoms with E-state index in [9.17, 15) is 13.2 Å². The highest BCUT2D eigenvalue weighted by Gasteiger charge is 2.20. The summed E-state index contributed by atoms with van der Waals surface area (Å²) in [5.41, 5.74) is 2.57. The zero-order valence-corrected chi connectivity index (χ0v) is 27.5. The number of para-hydroxylation sites is 2. The summed E-state index contributed by atoms with van der Waals surface area (Å²) >= 11 is 1.64. The largest absolute Gasteiger partial charge is 0.473 e. The van der Waals surface area contributed by atoms with Crippen LogP contribution in [0.1, 0.15) is 82.1 Å². The topological polar surface area (TPSA) is 107 Å². The number of carbonyl (C=O) groups is 1. The van der Waals surface area contributed by atoms with Crippen LogP contribution >= 0.6 is 11.3 Å². The van der Waals surface area contributed by atoms with Gasteiger partial charge in [-0.2, -0.15) is 0 Å². The first-order valence-electron chi connectivity index (χ1n) is 14.7. The first-order chi connectivity index (χ1) is 20.5. The van der Waals surface area contributed by atoms with E-state index in [1.165, 1.54) is 12.8 Å². The highest BCUT2D eigenvalue weighted by molar-refractivity contribution is 7.89. The Labute approximate surface area is 274 Å². The third kappa shape index (κ3) is 12.9. The van der Waals surface area contributed by atoms with Gasteiger partial charge < -0.3 is 9.47 Å². The van der Waals surface area contributed by atoms with Gasteiger partial charge >= 0.3 is 5.97 Å². The second-order valence-corrected chi connectivity index (χ2v) is 13.8. The summed E-state index contributed by atoms with van der Waals surface area (Å²) in [4.78, 5) is 21.8. The zero-order valence-electron chi connectivity index (χ0n) is 25.8. The molecule has 4 aromatic rings. The van der Waals surface area contributed by atoms with Crippen molar-refractivity contribution in [3.8, 4) is 16.5 Å². The quantitative estimate of drug-likeness (QED) is 0.189. The molecule has 8 nitrogen and oxygen atoms in total. The number of hydrogen-bond donors (Lipinski definition) is 1. The van der Waals surface area contributed by atoms with Crippen molar-refractivity contribution in [2.75, 3.05) is 0 Å². The summed E-state index contributed by atoms with van der Waals surface area (Å²) < 4.78 is 36.6. The Bertz CT molecular complexity index is 1520. The van der Waals surface area contributed by atoms with Gasteiger partial charge in [0.15, 0.2) is 0 Å². The highest BCUT2D eigenvalue weighted by atomic mass is 32.2. The highest BCUT2D eigenvalue weighted by Crippen LogP contribution is 2.32. The fraction of sp³-hybridized carbons (Fsp3) is 0.457. The number of nitrogens with one attached hydrogen (secondary N) is 1. The Morgan fingerprint density at radius 3 is 1.93 bits per heavy atom. The van der Waals surface area contributed by atoms with Crippen molar-refractivity contribution in [2.24, 2.45) is 5.92 Å². The molecule has 2 aromatic carbocycles. The second kappa shape index (κ2) is 19.2. The van der Waals surface area contributed by atoms with Crippen LogP contribution in [0.3, 0.4) is 0 Å². The Morgan fingerprint density at radius 1 is 0.844 bits per heavy atom. The van der Waals surface area contributed by atoms with Crippen molar-refractivity contribution >= 4 is 38.4 Å². The van der Waals surface area contributed by atoms with Gasteiger partial charge in [-0.1, -0.05) is 65.1 Å². The van der Waals surface area contributed by atoms with E-state index >= 15 is 0 Å². The number of sulfonamides is 1. The van der Waals surface area contributed by atoms with E-state index in [1.54, 1.807) is 55.5 Å². The fourth-order valence-corrected chi connectivity index (χ4v) is 6.13. The van der Waals surface area contributed by atoms with Crippen LogP contribution in [-0.4, -0.2) is 42.6 Å². The molecule has 1 aliphatic carbocycles. The molecule has 0 atom stereocenters. The Balaban J connectivity index is 0.000000346. The lowest BCUT2D eigenvalue weighted by Gasteiger charge is -2.12. The van der Waals surface area contributed by atoms with Crippen molar-refractivity contribution in [1.82, 2.24) is 14.7 Å². The predicted molar refractivity (Wildman–Crippen MR) is 187 cm³/mol. The van der Waals surface area contributed by atoms with Crippen LogP contribution in [0.15, 0.2) is 77.0 Å². The van der Waals surface area contributed by atoms with Gasteiger partial charge in [0.25, 0.3) is 0 Å². The fourth-order valence-electron chi connectivity index (χ4n) is 4.15. The van der Waals surface area contributed by atoms with Crippen LogP contribution in [0.25, 0.3) is 21.6 Å². The van der Waals surface area contributed by atoms with Crippen molar-refractivity contribution < 1.29 is 22.7 Å². The lowest BCUT2D eigenvalue weighted by molar-refractivity contribution is -0.152. The second-order valence-electron chi connectivity index (χ2n) is 11.1. The van der Waals surface area contributed by atoms with Crippen molar-refractivity contribution in [3.05, 3.63) is 72.1 Å². The molecule has 0 unspecified atom stereocenters. The first kappa shape index (κ1) is 39.7. The normalized spacial score (nSPS) is 12.8. The minimum absolute atomic E-state index is 0. The van der Waals surface area contributed by atoms with E-state index in [-0.39, 0.29) is 45.0 Å². The summed E-state index contributed by atoms with van der Waals surface area (Å²) in [6.07, 6.45) is 4.88. The summed E-state index contributed by atoms with van der Waals surface area (Å²) in [7, 11) is -3.31. The van der Waals surface area contributed by atoms with E-state index < -0.39 is 10.0 Å². The van der Waals surface area contributed by atoms with Crippen LogP contribution < -0.4 is 9.46 Å². The maximum atomic E-state index is 11.5. The molecule has 2 heterocycles. The average molecular weight is 658 g/mol. The van der Waals surface area contributed by atoms with Crippen LogP contribution in [-0.2, 0) is 19.6 Å². The van der Waals surface area contributed by atoms with Gasteiger partial charge in [-0.3, -0.25) is 4.79 Å². The van der Waals surface area contributed by atoms with E-state index in [0.29, 0.717) is 10.8 Å². The number of rotatable bonds is 8. The molecule has 0 amide bonds. The molecular weight excluding hydrogens is 607 g/mol. The number of thiophene rings is 1. The van der Waals surface area contributed by atoms with Crippen molar-refractivity contribution in [2.45, 2.75) is 105 Å². The number of fused-ring (bicyclic) bond motifs is 1. The van der Waals surface area contributed by atoms with Gasteiger partial charge in [-0.05, 0) is 89.1 Å². The van der Waals surface area contributed by atoms with Gasteiger partial charge in [0, 0.05) is 6.04 Å². The lowest BCUT2D eigenvalue weighted by atomic mass is 10.2. The Kier molecular flexibility index (Phi) is 17.0. The van der Waals surface area contributed by atoms with Crippen molar-refractivity contribution in [3.63, 3.8) is 0 Å². The third-order valence-corrected chi connectivity index (χ3v) is 8.69. The maximum absolute atomic E-state index is 11.5. The maximum Gasteiger partial charge on any atom is 0.308 e. The monoisotopic (exact) mass is 657 g/mol. The Morgan fingerprint density at radius 2 is 1.42 bits per heavy atom. The van der Waals surface area contributed by atoms with Crippen molar-refractivity contribution in [1.29, 1.82) is 0 Å². The number of benzene rings is 2. The summed E-state index contributed by atoms with van der Waals surface area (Å²) in [5, 5.41) is 2.03. The molecule has 1 fully saturated rings. The Hall–Kier alpha value is -3.34. The van der Waals surface area contributed by atoms with Gasteiger partial charge in [-0.25, -0.2) is 23.1 Å². The summed E-state index contributed by atoms with van der Waals surface area (Å²) in [6, 6.07) is 20.2. The van der Waals surface area contributed by atoms with Gasteiger partial charge in [0.05, 0.1) is 32.8 Å². The molecule has 0 spiro atoms. The minimum atomic E-state index is -3.31. The molecule has 45 heavy (non-hydrogen) atoms. The number of nitrogens with zero attached hydrogens (tertiary/aromatic N) is 2. The molecular formula is C35H51N3O5S2. The molecule has 0 aliphatic heterocycles. The first-order valence-corrected chi connectivity index (χ1v) is 17.1. The molecule has 1 saturated carbocycles. The molecule has 1 N–H and O–H groups in total. The van der Waals surface area contributed by atoms with Crippen LogP contribution in [0, 0.1) is 5.92 Å². The average Bonchev–Trinajstić information content (AvgIpc) is 3.68. The van der Waals surface area contributed by atoms with Gasteiger partial charge in [0.1, 0.15) is 11.8 Å². The van der Waals surface area contributed by atoms with Gasteiger partial charge in [0.2, 0.25) is 15.9 Å². The molecule has 0 radical (unpaired) electrons. The zero-order chi connectivity index (χ0) is 31.4. The molecule has 2 aromatic heterocycles. The standard InChI is InChI=1S/C15H14N2OS.C9H13NO2S.C9H16O2.2CH4/c1-10(2)18-15-14(13-8-5-9-19-13)16-11-6-3-4-7-12(11)17-15;1-8(2)10-13(11,12)9-6-4-3-5-7-9;1-7(2)9(10)11-8-5-3-4-6-8;;/h3-10H,1-2H3;3-8,10H,1-2H3;7-8H,3-6H2,1-2H3;2*1H4. The molecule has 0 bridgehead atoms. The lowest BCUT2D eigenvalue weighted by Crippen LogP contribution is -2.30. The van der Waals surface area contributed by atoms with Crippen LogP contribution in [0.4, 0.5) is 0 Å². The molecule has 1 aliphatic rings. The molecule has 10 heteroatoms. The number of aromatic nitrogens is 2. The molecule has 5 rings (SSSR count). The minimum Gasteiger partial charge on any atom is -0.473 e. The number of esters is 1. The van der Waals surface area contributed by atoms with Crippen LogP contribution in [0.5, 0.6) is 5.88 Å². The number of hydrogen-bond acceptors (Lipinski definition) is 8. The molecule has 0 saturated heterocycles. The molecule has 248 valence electrons. The number of ether oxygens (including phenoxy) is 2. The van der Waals surface area contributed by atoms with E-state index in [4.69, 9.17) is 14.5 Å². The van der Waals surface area contributed by atoms with E-state index in [0.717, 1.165) is 34.4 Å². The van der Waals surface area contributed by atoms with Gasteiger partial charge in [-0.15, -0.1) is 11.3 Å². The summed E-state index contributed by atoms with van der Waals surface area (Å²) in [5.74, 6) is 0.587.